The monoisotopic (exact) mass is 399 g/mol. The zero-order chi connectivity index (χ0) is 18.0. The molecule has 3 rings (SSSR count). The number of aryl methyl sites for hydroxylation is 1. The molecule has 5 nitrogen and oxygen atoms in total. The molecule has 0 saturated carbocycles. The van der Waals surface area contributed by atoms with Crippen molar-refractivity contribution in [1.29, 1.82) is 0 Å². The van der Waals surface area contributed by atoms with Crippen molar-refractivity contribution in [1.82, 2.24) is 10.6 Å². The number of carbonyl (C=O) groups excluding carboxylic acids is 2. The molecule has 6 heteroatoms. The van der Waals surface area contributed by atoms with E-state index in [0.29, 0.717) is 17.0 Å². The highest BCUT2D eigenvalue weighted by atomic mass is 79.9. The molecule has 3 amide bonds. The predicted octanol–water partition coefficient (Wildman–Crippen LogP) is 4.02. The van der Waals surface area contributed by atoms with E-state index >= 15 is 0 Å². The van der Waals surface area contributed by atoms with Crippen molar-refractivity contribution in [2.24, 2.45) is 0 Å². The van der Waals surface area contributed by atoms with E-state index in [2.05, 4.69) is 31.9 Å². The lowest BCUT2D eigenvalue weighted by molar-refractivity contribution is -0.113. The van der Waals surface area contributed by atoms with Crippen molar-refractivity contribution in [3.05, 3.63) is 75.4 Å². The molecule has 1 atom stereocenters. The number of amides is 3. The van der Waals surface area contributed by atoms with Crippen molar-refractivity contribution in [3.8, 4) is 0 Å². The zero-order valence-electron chi connectivity index (χ0n) is 13.9. The Hall–Kier alpha value is -2.60. The van der Waals surface area contributed by atoms with Gasteiger partial charge in [-0.05, 0) is 49.2 Å². The van der Waals surface area contributed by atoms with E-state index in [-0.39, 0.29) is 11.9 Å². The van der Waals surface area contributed by atoms with Crippen LogP contribution in [0.4, 0.5) is 10.5 Å². The molecule has 3 N–H and O–H groups in total. The standard InChI is InChI=1S/C19H18BrN3O2/c1-11-5-3-4-6-15(11)17-16(12(2)21-19(25)23-17)18(24)22-14-9-7-13(20)8-10-14/h3-10,17H,1-2H3,(H,22,24)(H2,21,23,25). The highest BCUT2D eigenvalue weighted by Gasteiger charge is 2.31. The van der Waals surface area contributed by atoms with E-state index in [4.69, 9.17) is 0 Å². The lowest BCUT2D eigenvalue weighted by Crippen LogP contribution is -2.46. The first-order valence-electron chi connectivity index (χ1n) is 7.86. The second kappa shape index (κ2) is 7.11. The first-order valence-corrected chi connectivity index (χ1v) is 8.65. The Labute approximate surface area is 154 Å². The van der Waals surface area contributed by atoms with E-state index in [0.717, 1.165) is 15.6 Å². The first kappa shape index (κ1) is 17.2. The fourth-order valence-electron chi connectivity index (χ4n) is 2.87. The van der Waals surface area contributed by atoms with E-state index < -0.39 is 6.04 Å². The Morgan fingerprint density at radius 2 is 1.76 bits per heavy atom. The minimum atomic E-state index is -0.495. The average Bonchev–Trinajstić information content (AvgIpc) is 2.56. The van der Waals surface area contributed by atoms with Gasteiger partial charge in [-0.25, -0.2) is 4.79 Å². The van der Waals surface area contributed by atoms with Gasteiger partial charge in [0.05, 0.1) is 11.6 Å². The van der Waals surface area contributed by atoms with Crippen LogP contribution >= 0.6 is 15.9 Å². The van der Waals surface area contributed by atoms with Crippen LogP contribution in [0.15, 0.2) is 64.3 Å². The van der Waals surface area contributed by atoms with Crippen LogP contribution in [0.1, 0.15) is 24.1 Å². The third-order valence-electron chi connectivity index (χ3n) is 4.12. The number of hydrogen-bond acceptors (Lipinski definition) is 2. The summed E-state index contributed by atoms with van der Waals surface area (Å²) in [7, 11) is 0. The van der Waals surface area contributed by atoms with E-state index in [1.54, 1.807) is 6.92 Å². The van der Waals surface area contributed by atoms with E-state index in [1.807, 2.05) is 55.5 Å². The van der Waals surface area contributed by atoms with Crippen LogP contribution in [0.2, 0.25) is 0 Å². The smallest absolute Gasteiger partial charge is 0.319 e. The molecule has 1 unspecified atom stereocenters. The molecule has 1 aliphatic heterocycles. The van der Waals surface area contributed by atoms with Gasteiger partial charge in [0, 0.05) is 15.9 Å². The molecule has 2 aromatic rings. The number of urea groups is 1. The number of benzene rings is 2. The molecule has 0 spiro atoms. The summed E-state index contributed by atoms with van der Waals surface area (Å²) in [5.41, 5.74) is 3.64. The van der Waals surface area contributed by atoms with Gasteiger partial charge in [0.2, 0.25) is 0 Å². The number of carbonyl (C=O) groups is 2. The molecular formula is C19H18BrN3O2. The van der Waals surface area contributed by atoms with Gasteiger partial charge in [-0.15, -0.1) is 0 Å². The Kier molecular flexibility index (Phi) is 4.90. The van der Waals surface area contributed by atoms with Crippen LogP contribution in [0.5, 0.6) is 0 Å². The van der Waals surface area contributed by atoms with Crippen molar-refractivity contribution in [2.45, 2.75) is 19.9 Å². The highest BCUT2D eigenvalue weighted by Crippen LogP contribution is 2.29. The predicted molar refractivity (Wildman–Crippen MR) is 101 cm³/mol. The molecule has 25 heavy (non-hydrogen) atoms. The molecule has 1 heterocycles. The van der Waals surface area contributed by atoms with Crippen LogP contribution in [-0.2, 0) is 4.79 Å². The van der Waals surface area contributed by atoms with Gasteiger partial charge in [-0.2, -0.15) is 0 Å². The minimum absolute atomic E-state index is 0.249. The van der Waals surface area contributed by atoms with Crippen molar-refractivity contribution in [3.63, 3.8) is 0 Å². The third-order valence-corrected chi connectivity index (χ3v) is 4.64. The summed E-state index contributed by atoms with van der Waals surface area (Å²) in [5.74, 6) is -0.249. The molecule has 2 aromatic carbocycles. The lowest BCUT2D eigenvalue weighted by Gasteiger charge is -2.29. The molecule has 0 radical (unpaired) electrons. The minimum Gasteiger partial charge on any atom is -0.327 e. The fourth-order valence-corrected chi connectivity index (χ4v) is 3.13. The molecule has 0 saturated heterocycles. The molecule has 0 aromatic heterocycles. The van der Waals surface area contributed by atoms with Gasteiger partial charge in [0.15, 0.2) is 0 Å². The van der Waals surface area contributed by atoms with Crippen LogP contribution in [0, 0.1) is 6.92 Å². The van der Waals surface area contributed by atoms with Gasteiger partial charge in [-0.3, -0.25) is 4.79 Å². The largest absolute Gasteiger partial charge is 0.327 e. The Morgan fingerprint density at radius 3 is 2.44 bits per heavy atom. The maximum atomic E-state index is 12.9. The number of nitrogens with one attached hydrogen (secondary N) is 3. The number of rotatable bonds is 3. The zero-order valence-corrected chi connectivity index (χ0v) is 15.5. The van der Waals surface area contributed by atoms with E-state index in [9.17, 15) is 9.59 Å². The number of hydrogen-bond donors (Lipinski definition) is 3. The Morgan fingerprint density at radius 1 is 1.08 bits per heavy atom. The fraction of sp³-hybridized carbons (Fsp3) is 0.158. The molecular weight excluding hydrogens is 382 g/mol. The number of allylic oxidation sites excluding steroid dienone is 1. The SMILES string of the molecule is CC1=C(C(=O)Nc2ccc(Br)cc2)C(c2ccccc2C)NC(=O)N1. The maximum absolute atomic E-state index is 12.9. The number of anilines is 1. The van der Waals surface area contributed by atoms with Crippen molar-refractivity contribution >= 4 is 33.6 Å². The van der Waals surface area contributed by atoms with Gasteiger partial charge in [0.25, 0.3) is 5.91 Å². The van der Waals surface area contributed by atoms with Crippen LogP contribution in [-0.4, -0.2) is 11.9 Å². The number of halogens is 1. The van der Waals surface area contributed by atoms with Crippen LogP contribution < -0.4 is 16.0 Å². The molecule has 0 fully saturated rings. The molecule has 0 bridgehead atoms. The summed E-state index contributed by atoms with van der Waals surface area (Å²) in [6.45, 7) is 3.70. The van der Waals surface area contributed by atoms with Crippen molar-refractivity contribution in [2.75, 3.05) is 5.32 Å². The average molecular weight is 400 g/mol. The first-order chi connectivity index (χ1) is 12.0. The molecule has 128 valence electrons. The van der Waals surface area contributed by atoms with Gasteiger partial charge in [0.1, 0.15) is 0 Å². The highest BCUT2D eigenvalue weighted by molar-refractivity contribution is 9.10. The Balaban J connectivity index is 1.96. The Bertz CT molecular complexity index is 859. The topological polar surface area (TPSA) is 70.2 Å². The summed E-state index contributed by atoms with van der Waals surface area (Å²) in [5, 5.41) is 8.43. The third kappa shape index (κ3) is 3.74. The van der Waals surface area contributed by atoms with Crippen LogP contribution in [0.3, 0.4) is 0 Å². The summed E-state index contributed by atoms with van der Waals surface area (Å²) in [4.78, 5) is 24.8. The lowest BCUT2D eigenvalue weighted by atomic mass is 9.92. The maximum Gasteiger partial charge on any atom is 0.319 e. The van der Waals surface area contributed by atoms with Crippen molar-refractivity contribution < 1.29 is 9.59 Å². The van der Waals surface area contributed by atoms with E-state index in [1.165, 1.54) is 0 Å². The normalized spacial score (nSPS) is 16.9. The summed E-state index contributed by atoms with van der Waals surface area (Å²) >= 11 is 3.37. The summed E-state index contributed by atoms with van der Waals surface area (Å²) < 4.78 is 0.935. The van der Waals surface area contributed by atoms with Gasteiger partial charge < -0.3 is 16.0 Å². The second-order valence-electron chi connectivity index (χ2n) is 5.89. The van der Waals surface area contributed by atoms with Crippen LogP contribution in [0.25, 0.3) is 0 Å². The quantitative estimate of drug-likeness (QED) is 0.728. The van der Waals surface area contributed by atoms with Gasteiger partial charge in [-0.1, -0.05) is 40.2 Å². The second-order valence-corrected chi connectivity index (χ2v) is 6.80. The summed E-state index contributed by atoms with van der Waals surface area (Å²) in [6, 6.07) is 14.2. The molecule has 0 aliphatic carbocycles. The summed E-state index contributed by atoms with van der Waals surface area (Å²) in [6.07, 6.45) is 0. The van der Waals surface area contributed by atoms with Gasteiger partial charge >= 0.3 is 6.03 Å². The molecule has 1 aliphatic rings.